The summed E-state index contributed by atoms with van der Waals surface area (Å²) in [5.41, 5.74) is 1.01. The van der Waals surface area contributed by atoms with Gasteiger partial charge in [-0.15, -0.1) is 0 Å². The fraction of sp³-hybridized carbons (Fsp3) is 0.609. The summed E-state index contributed by atoms with van der Waals surface area (Å²) >= 11 is 6.63. The van der Waals surface area contributed by atoms with Gasteiger partial charge < -0.3 is 19.4 Å². The van der Waals surface area contributed by atoms with Crippen molar-refractivity contribution in [2.75, 3.05) is 44.7 Å². The fourth-order valence-electron chi connectivity index (χ4n) is 5.37. The van der Waals surface area contributed by atoms with Crippen molar-refractivity contribution in [3.05, 3.63) is 22.7 Å². The molecule has 1 aliphatic carbocycles. The van der Waals surface area contributed by atoms with E-state index in [9.17, 15) is 14.4 Å². The summed E-state index contributed by atoms with van der Waals surface area (Å²) in [5, 5.41) is 0.597. The van der Waals surface area contributed by atoms with Gasteiger partial charge in [0.05, 0.1) is 18.2 Å². The van der Waals surface area contributed by atoms with Crippen molar-refractivity contribution in [1.82, 2.24) is 9.80 Å². The van der Waals surface area contributed by atoms with Crippen LogP contribution in [0.2, 0.25) is 5.02 Å². The molecule has 168 valence electrons. The van der Waals surface area contributed by atoms with Crippen LogP contribution in [0.4, 0.5) is 5.69 Å². The van der Waals surface area contributed by atoms with Crippen molar-refractivity contribution in [3.63, 3.8) is 0 Å². The van der Waals surface area contributed by atoms with E-state index >= 15 is 0 Å². The van der Waals surface area contributed by atoms with Crippen molar-refractivity contribution in [2.24, 2.45) is 0 Å². The average molecular weight is 448 g/mol. The highest BCUT2D eigenvalue weighted by molar-refractivity contribution is 6.33. The predicted octanol–water partition coefficient (Wildman–Crippen LogP) is 2.98. The lowest BCUT2D eigenvalue weighted by Gasteiger charge is -2.35. The molecule has 0 bridgehead atoms. The van der Waals surface area contributed by atoms with Crippen molar-refractivity contribution in [3.8, 4) is 5.75 Å². The standard InChI is InChI=1S/C23H30ClN3O4/c1-16(28)25-12-14-26(15-13-25)19(29)8-11-27-21-18(31-2)7-6-17(24)20(21)23(22(27)30)9-4-3-5-10-23/h6-7H,3-5,8-15H2,1-2H3. The molecule has 2 aliphatic heterocycles. The van der Waals surface area contributed by atoms with Gasteiger partial charge in [0.15, 0.2) is 0 Å². The number of ether oxygens (including phenoxy) is 1. The first-order valence-electron chi connectivity index (χ1n) is 11.1. The molecule has 3 amide bonds. The number of anilines is 1. The second kappa shape index (κ2) is 8.69. The Labute approximate surface area is 188 Å². The van der Waals surface area contributed by atoms with E-state index < -0.39 is 5.41 Å². The molecule has 1 saturated heterocycles. The molecule has 1 aromatic carbocycles. The molecule has 7 nitrogen and oxygen atoms in total. The molecule has 4 rings (SSSR count). The largest absolute Gasteiger partial charge is 0.495 e. The number of carbonyl (C=O) groups is 3. The first-order chi connectivity index (χ1) is 14.9. The molecule has 1 saturated carbocycles. The van der Waals surface area contributed by atoms with Crippen LogP contribution in [0.5, 0.6) is 5.75 Å². The minimum absolute atomic E-state index is 0.00291. The maximum Gasteiger partial charge on any atom is 0.237 e. The molecule has 1 spiro atoms. The monoisotopic (exact) mass is 447 g/mol. The Balaban J connectivity index is 1.54. The van der Waals surface area contributed by atoms with Gasteiger partial charge in [-0.05, 0) is 25.0 Å². The molecule has 0 radical (unpaired) electrons. The highest BCUT2D eigenvalue weighted by Gasteiger charge is 2.53. The number of halogens is 1. The van der Waals surface area contributed by atoms with Gasteiger partial charge >= 0.3 is 0 Å². The number of hydrogen-bond donors (Lipinski definition) is 0. The van der Waals surface area contributed by atoms with E-state index in [1.54, 1.807) is 34.8 Å². The number of methoxy groups -OCH3 is 1. The Morgan fingerprint density at radius 2 is 1.71 bits per heavy atom. The Bertz CT molecular complexity index is 889. The smallest absolute Gasteiger partial charge is 0.237 e. The van der Waals surface area contributed by atoms with Crippen molar-refractivity contribution < 1.29 is 19.1 Å². The lowest BCUT2D eigenvalue weighted by atomic mass is 9.70. The van der Waals surface area contributed by atoms with E-state index in [2.05, 4.69) is 0 Å². The maximum atomic E-state index is 13.7. The van der Waals surface area contributed by atoms with Crippen LogP contribution in [0.1, 0.15) is 51.0 Å². The van der Waals surface area contributed by atoms with Gasteiger partial charge in [0.1, 0.15) is 5.75 Å². The number of fused-ring (bicyclic) bond motifs is 2. The first-order valence-corrected chi connectivity index (χ1v) is 11.5. The average Bonchev–Trinajstić information content (AvgIpc) is 3.01. The topological polar surface area (TPSA) is 70.2 Å². The molecule has 31 heavy (non-hydrogen) atoms. The van der Waals surface area contributed by atoms with E-state index in [-0.39, 0.29) is 24.1 Å². The number of benzene rings is 1. The first kappa shape index (κ1) is 21.9. The minimum Gasteiger partial charge on any atom is -0.495 e. The van der Waals surface area contributed by atoms with Gasteiger partial charge in [-0.1, -0.05) is 30.9 Å². The fourth-order valence-corrected chi connectivity index (χ4v) is 5.70. The molecule has 2 fully saturated rings. The molecule has 0 N–H and O–H groups in total. The molecule has 0 unspecified atom stereocenters. The second-order valence-electron chi connectivity index (χ2n) is 8.71. The van der Waals surface area contributed by atoms with Crippen LogP contribution in [0, 0.1) is 0 Å². The number of nitrogens with zero attached hydrogens (tertiary/aromatic N) is 3. The minimum atomic E-state index is -0.602. The summed E-state index contributed by atoms with van der Waals surface area (Å²) in [5.74, 6) is 0.705. The summed E-state index contributed by atoms with van der Waals surface area (Å²) in [4.78, 5) is 43.4. The molecular weight excluding hydrogens is 418 g/mol. The van der Waals surface area contributed by atoms with Crippen molar-refractivity contribution >= 4 is 35.0 Å². The van der Waals surface area contributed by atoms with Crippen LogP contribution in [-0.4, -0.2) is 67.4 Å². The summed E-state index contributed by atoms with van der Waals surface area (Å²) < 4.78 is 5.60. The summed E-state index contributed by atoms with van der Waals surface area (Å²) in [6.45, 7) is 4.02. The number of carbonyl (C=O) groups excluding carboxylic acids is 3. The summed E-state index contributed by atoms with van der Waals surface area (Å²) in [6, 6.07) is 3.61. The van der Waals surface area contributed by atoms with Gasteiger partial charge in [0, 0.05) is 56.7 Å². The van der Waals surface area contributed by atoms with Crippen LogP contribution in [0.15, 0.2) is 12.1 Å². The number of rotatable bonds is 4. The van der Waals surface area contributed by atoms with Gasteiger partial charge in [0.25, 0.3) is 0 Å². The Morgan fingerprint density at radius 1 is 1.06 bits per heavy atom. The Hall–Kier alpha value is -2.28. The molecule has 2 heterocycles. The van der Waals surface area contributed by atoms with Gasteiger partial charge in [-0.2, -0.15) is 0 Å². The van der Waals surface area contributed by atoms with Crippen LogP contribution in [0.3, 0.4) is 0 Å². The number of hydrogen-bond acceptors (Lipinski definition) is 4. The zero-order valence-electron chi connectivity index (χ0n) is 18.3. The van der Waals surface area contributed by atoms with E-state index in [4.69, 9.17) is 16.3 Å². The molecular formula is C23H30ClN3O4. The molecule has 8 heteroatoms. The lowest BCUT2D eigenvalue weighted by Crippen LogP contribution is -2.50. The quantitative estimate of drug-likeness (QED) is 0.711. The molecule has 1 aromatic rings. The third kappa shape index (κ3) is 3.77. The molecule has 3 aliphatic rings. The zero-order valence-corrected chi connectivity index (χ0v) is 19.0. The summed E-state index contributed by atoms with van der Waals surface area (Å²) in [7, 11) is 1.59. The SMILES string of the molecule is COc1ccc(Cl)c2c1N(CCC(=O)N1CCN(C(C)=O)CC1)C(=O)C21CCCCC1. The van der Waals surface area contributed by atoms with Crippen LogP contribution >= 0.6 is 11.6 Å². The Kier molecular flexibility index (Phi) is 6.15. The normalized spacial score (nSPS) is 20.2. The summed E-state index contributed by atoms with van der Waals surface area (Å²) in [6.07, 6.45) is 4.90. The molecule has 0 aromatic heterocycles. The number of piperazine rings is 1. The highest BCUT2D eigenvalue weighted by Crippen LogP contribution is 2.55. The molecule has 0 atom stereocenters. The van der Waals surface area contributed by atoms with E-state index in [0.717, 1.165) is 43.4 Å². The zero-order chi connectivity index (χ0) is 22.2. The van der Waals surface area contributed by atoms with Gasteiger partial charge in [-0.3, -0.25) is 14.4 Å². The predicted molar refractivity (Wildman–Crippen MR) is 119 cm³/mol. The van der Waals surface area contributed by atoms with E-state index in [0.29, 0.717) is 43.5 Å². The van der Waals surface area contributed by atoms with E-state index in [1.165, 1.54) is 0 Å². The van der Waals surface area contributed by atoms with Crippen LogP contribution < -0.4 is 9.64 Å². The number of amides is 3. The third-order valence-corrected chi connectivity index (χ3v) is 7.36. The lowest BCUT2D eigenvalue weighted by molar-refractivity contribution is -0.138. The maximum absolute atomic E-state index is 13.7. The highest BCUT2D eigenvalue weighted by atomic mass is 35.5. The van der Waals surface area contributed by atoms with Crippen molar-refractivity contribution in [2.45, 2.75) is 50.9 Å². The van der Waals surface area contributed by atoms with Gasteiger partial charge in [0.2, 0.25) is 17.7 Å². The van der Waals surface area contributed by atoms with E-state index in [1.807, 2.05) is 6.07 Å². The third-order valence-electron chi connectivity index (χ3n) is 7.05. The Morgan fingerprint density at radius 3 is 2.32 bits per heavy atom. The van der Waals surface area contributed by atoms with Crippen molar-refractivity contribution in [1.29, 1.82) is 0 Å². The second-order valence-corrected chi connectivity index (χ2v) is 9.12. The van der Waals surface area contributed by atoms with Gasteiger partial charge in [-0.25, -0.2) is 0 Å². The van der Waals surface area contributed by atoms with Crippen LogP contribution in [0.25, 0.3) is 0 Å². The van der Waals surface area contributed by atoms with Crippen LogP contribution in [-0.2, 0) is 19.8 Å².